The maximum atomic E-state index is 12.7. The number of aromatic nitrogens is 1. The fourth-order valence-electron chi connectivity index (χ4n) is 4.50. The van der Waals surface area contributed by atoms with E-state index in [-0.39, 0.29) is 10.8 Å². The molecule has 2 N–H and O–H groups in total. The van der Waals surface area contributed by atoms with E-state index in [9.17, 15) is 13.2 Å². The van der Waals surface area contributed by atoms with Gasteiger partial charge in [-0.2, -0.15) is 4.31 Å². The molecule has 4 aromatic rings. The van der Waals surface area contributed by atoms with Gasteiger partial charge >= 0.3 is 0 Å². The Labute approximate surface area is 221 Å². The standard InChI is InChI=1S/C28H29N3O4S2/c1-35-22-12-8-20(9-13-22)26-27(24-6-2-3-7-25(24)30-26)36-19-16-29-28(32)21-10-14-23(15-11-21)37(33,34)31-17-4-5-18-31/h2-3,6-15,30H,4-5,16-19H2,1H3,(H,29,32). The van der Waals surface area contributed by atoms with Crippen LogP contribution < -0.4 is 10.1 Å². The molecule has 37 heavy (non-hydrogen) atoms. The zero-order valence-electron chi connectivity index (χ0n) is 20.6. The number of benzene rings is 3. The number of H-pyrrole nitrogens is 1. The van der Waals surface area contributed by atoms with E-state index in [1.54, 1.807) is 31.0 Å². The van der Waals surface area contributed by atoms with Crippen LogP contribution in [0.25, 0.3) is 22.2 Å². The largest absolute Gasteiger partial charge is 0.497 e. The molecule has 5 rings (SSSR count). The highest BCUT2D eigenvalue weighted by Crippen LogP contribution is 2.38. The highest BCUT2D eigenvalue weighted by Gasteiger charge is 2.27. The molecule has 1 fully saturated rings. The van der Waals surface area contributed by atoms with Gasteiger partial charge in [-0.3, -0.25) is 4.79 Å². The number of hydrogen-bond acceptors (Lipinski definition) is 5. The fraction of sp³-hybridized carbons (Fsp3) is 0.250. The topological polar surface area (TPSA) is 91.5 Å². The van der Waals surface area contributed by atoms with Crippen LogP contribution in [0.1, 0.15) is 23.2 Å². The van der Waals surface area contributed by atoms with Gasteiger partial charge in [0.25, 0.3) is 5.91 Å². The van der Waals surface area contributed by atoms with E-state index in [4.69, 9.17) is 4.74 Å². The summed E-state index contributed by atoms with van der Waals surface area (Å²) in [6, 6.07) is 22.3. The van der Waals surface area contributed by atoms with E-state index < -0.39 is 10.0 Å². The van der Waals surface area contributed by atoms with Crippen molar-refractivity contribution in [2.24, 2.45) is 0 Å². The van der Waals surface area contributed by atoms with Crippen LogP contribution in [0.4, 0.5) is 0 Å². The first-order valence-electron chi connectivity index (χ1n) is 12.2. The van der Waals surface area contributed by atoms with Crippen molar-refractivity contribution in [3.05, 3.63) is 78.4 Å². The normalized spacial score (nSPS) is 14.2. The number of nitrogens with one attached hydrogen (secondary N) is 2. The molecule has 7 nitrogen and oxygen atoms in total. The second-order valence-corrected chi connectivity index (χ2v) is 11.9. The smallest absolute Gasteiger partial charge is 0.251 e. The van der Waals surface area contributed by atoms with Crippen molar-refractivity contribution >= 4 is 38.6 Å². The number of para-hydroxylation sites is 1. The van der Waals surface area contributed by atoms with Crippen LogP contribution in [0.3, 0.4) is 0 Å². The van der Waals surface area contributed by atoms with E-state index in [1.165, 1.54) is 16.4 Å². The number of fused-ring (bicyclic) bond motifs is 1. The number of hydrogen-bond donors (Lipinski definition) is 2. The van der Waals surface area contributed by atoms with Crippen LogP contribution in [0.5, 0.6) is 5.75 Å². The van der Waals surface area contributed by atoms with Gasteiger partial charge in [-0.25, -0.2) is 8.42 Å². The summed E-state index contributed by atoms with van der Waals surface area (Å²) in [5, 5.41) is 4.09. The van der Waals surface area contributed by atoms with Gasteiger partial charge in [0.15, 0.2) is 0 Å². The van der Waals surface area contributed by atoms with Crippen LogP contribution in [0, 0.1) is 0 Å². The summed E-state index contributed by atoms with van der Waals surface area (Å²) in [7, 11) is -1.84. The first-order chi connectivity index (χ1) is 18.0. The van der Waals surface area contributed by atoms with E-state index in [1.807, 2.05) is 36.4 Å². The molecule has 0 bridgehead atoms. The summed E-state index contributed by atoms with van der Waals surface area (Å²) in [6.07, 6.45) is 1.77. The monoisotopic (exact) mass is 535 g/mol. The molecule has 2 heterocycles. The molecule has 1 aliphatic rings. The van der Waals surface area contributed by atoms with Gasteiger partial charge < -0.3 is 15.0 Å². The van der Waals surface area contributed by atoms with Gasteiger partial charge in [-0.1, -0.05) is 18.2 Å². The van der Waals surface area contributed by atoms with Gasteiger partial charge in [0, 0.05) is 46.7 Å². The lowest BCUT2D eigenvalue weighted by atomic mass is 10.1. The minimum Gasteiger partial charge on any atom is -0.497 e. The second kappa shape index (κ2) is 11.0. The average molecular weight is 536 g/mol. The molecule has 1 amide bonds. The average Bonchev–Trinajstić information content (AvgIpc) is 3.60. The molecule has 3 aromatic carbocycles. The molecule has 0 unspecified atom stereocenters. The molecule has 0 radical (unpaired) electrons. The number of amides is 1. The van der Waals surface area contributed by atoms with Crippen LogP contribution in [-0.4, -0.2) is 56.1 Å². The number of sulfonamides is 1. The molecule has 192 valence electrons. The molecule has 1 aliphatic heterocycles. The van der Waals surface area contributed by atoms with Crippen molar-refractivity contribution in [1.29, 1.82) is 0 Å². The van der Waals surface area contributed by atoms with Crippen molar-refractivity contribution in [2.75, 3.05) is 32.5 Å². The van der Waals surface area contributed by atoms with Crippen molar-refractivity contribution in [3.8, 4) is 17.0 Å². The van der Waals surface area contributed by atoms with Crippen LogP contribution in [0.15, 0.2) is 82.6 Å². The summed E-state index contributed by atoms with van der Waals surface area (Å²) in [4.78, 5) is 17.6. The maximum absolute atomic E-state index is 12.7. The number of aromatic amines is 1. The quantitative estimate of drug-likeness (QED) is 0.228. The highest BCUT2D eigenvalue weighted by molar-refractivity contribution is 7.99. The minimum atomic E-state index is -3.49. The predicted octanol–water partition coefficient (Wildman–Crippen LogP) is 5.15. The van der Waals surface area contributed by atoms with Crippen LogP contribution in [-0.2, 0) is 10.0 Å². The van der Waals surface area contributed by atoms with Gasteiger partial charge in [0.2, 0.25) is 10.0 Å². The third kappa shape index (κ3) is 5.39. The third-order valence-corrected chi connectivity index (χ3v) is 9.52. The predicted molar refractivity (Wildman–Crippen MR) is 148 cm³/mol. The SMILES string of the molecule is COc1ccc(-c2[nH]c3ccccc3c2SCCNC(=O)c2ccc(S(=O)(=O)N3CCCC3)cc2)cc1. The fourth-order valence-corrected chi connectivity index (χ4v) is 7.07. The molecule has 0 aliphatic carbocycles. The lowest BCUT2D eigenvalue weighted by Gasteiger charge is -2.15. The van der Waals surface area contributed by atoms with Crippen LogP contribution in [0.2, 0.25) is 0 Å². The van der Waals surface area contributed by atoms with E-state index in [0.717, 1.165) is 45.6 Å². The van der Waals surface area contributed by atoms with Crippen molar-refractivity contribution < 1.29 is 17.9 Å². The van der Waals surface area contributed by atoms with E-state index >= 15 is 0 Å². The summed E-state index contributed by atoms with van der Waals surface area (Å²) in [6.45, 7) is 1.58. The summed E-state index contributed by atoms with van der Waals surface area (Å²) >= 11 is 1.68. The molecule has 1 saturated heterocycles. The molecule has 9 heteroatoms. The number of carbonyl (C=O) groups is 1. The first-order valence-corrected chi connectivity index (χ1v) is 14.7. The number of methoxy groups -OCH3 is 1. The number of ether oxygens (including phenoxy) is 1. The Morgan fingerprint density at radius 3 is 2.41 bits per heavy atom. The molecule has 0 saturated carbocycles. The Balaban J connectivity index is 1.23. The van der Waals surface area contributed by atoms with Gasteiger partial charge in [-0.05, 0) is 73.0 Å². The third-order valence-electron chi connectivity index (χ3n) is 6.49. The highest BCUT2D eigenvalue weighted by atomic mass is 32.2. The number of thioether (sulfide) groups is 1. The zero-order valence-corrected chi connectivity index (χ0v) is 22.2. The summed E-state index contributed by atoms with van der Waals surface area (Å²) < 4.78 is 32.2. The number of rotatable bonds is 9. The van der Waals surface area contributed by atoms with Crippen molar-refractivity contribution in [2.45, 2.75) is 22.6 Å². The Kier molecular flexibility index (Phi) is 7.55. The van der Waals surface area contributed by atoms with Gasteiger partial charge in [0.05, 0.1) is 17.7 Å². The molecule has 0 spiro atoms. The molecular weight excluding hydrogens is 506 g/mol. The number of nitrogens with zero attached hydrogens (tertiary/aromatic N) is 1. The first kappa shape index (κ1) is 25.4. The summed E-state index contributed by atoms with van der Waals surface area (Å²) in [5.74, 6) is 1.26. The van der Waals surface area contributed by atoms with E-state index in [2.05, 4.69) is 22.4 Å². The Hall–Kier alpha value is -3.27. The molecule has 1 aromatic heterocycles. The zero-order chi connectivity index (χ0) is 25.8. The lowest BCUT2D eigenvalue weighted by molar-refractivity contribution is 0.0956. The number of carbonyl (C=O) groups excluding carboxylic acids is 1. The van der Waals surface area contributed by atoms with Crippen LogP contribution >= 0.6 is 11.8 Å². The molecule has 0 atom stereocenters. The minimum absolute atomic E-state index is 0.222. The van der Waals surface area contributed by atoms with Gasteiger partial charge in [0.1, 0.15) is 5.75 Å². The Morgan fingerprint density at radius 1 is 1.00 bits per heavy atom. The second-order valence-electron chi connectivity index (χ2n) is 8.84. The Morgan fingerprint density at radius 2 is 1.70 bits per heavy atom. The lowest BCUT2D eigenvalue weighted by Crippen LogP contribution is -2.28. The van der Waals surface area contributed by atoms with E-state index in [0.29, 0.717) is 31.0 Å². The van der Waals surface area contributed by atoms with Gasteiger partial charge in [-0.15, -0.1) is 11.8 Å². The van der Waals surface area contributed by atoms with Crippen molar-refractivity contribution in [1.82, 2.24) is 14.6 Å². The summed E-state index contributed by atoms with van der Waals surface area (Å²) in [5.41, 5.74) is 3.60. The Bertz CT molecular complexity index is 1490. The molecular formula is C28H29N3O4S2. The van der Waals surface area contributed by atoms with Crippen molar-refractivity contribution in [3.63, 3.8) is 0 Å². The maximum Gasteiger partial charge on any atom is 0.251 e.